The number of carboxylic acid groups (broad SMARTS) is 2. The maximum atomic E-state index is 12.5. The topological polar surface area (TPSA) is 113 Å². The third-order valence-electron chi connectivity index (χ3n) is 7.93. The fourth-order valence-corrected chi connectivity index (χ4v) is 5.67. The van der Waals surface area contributed by atoms with Crippen molar-refractivity contribution in [3.63, 3.8) is 0 Å². The van der Waals surface area contributed by atoms with Gasteiger partial charge < -0.3 is 24.9 Å². The Hall–Kier alpha value is -3.68. The zero-order valence-corrected chi connectivity index (χ0v) is 26.1. The van der Waals surface area contributed by atoms with Crippen LogP contribution in [-0.4, -0.2) is 27.6 Å². The molecule has 0 radical (unpaired) electrons. The zero-order valence-electron chi connectivity index (χ0n) is 26.1. The predicted octanol–water partition coefficient (Wildman–Crippen LogP) is 5.57. The van der Waals surface area contributed by atoms with Gasteiger partial charge in [0.1, 0.15) is 11.9 Å². The molecule has 0 aliphatic rings. The fraction of sp³-hybridized carbons (Fsp3) is 0.444. The van der Waals surface area contributed by atoms with Crippen molar-refractivity contribution in [3.8, 4) is 5.75 Å². The predicted molar refractivity (Wildman–Crippen MR) is 163 cm³/mol. The van der Waals surface area contributed by atoms with Crippen LogP contribution >= 0.6 is 0 Å². The van der Waals surface area contributed by atoms with Gasteiger partial charge in [0.2, 0.25) is 0 Å². The summed E-state index contributed by atoms with van der Waals surface area (Å²) in [6, 6.07) is 25.9. The molecule has 7 nitrogen and oxygen atoms in total. The molecule has 3 aromatic carbocycles. The molecule has 0 spiro atoms. The van der Waals surface area contributed by atoms with E-state index in [0.717, 1.165) is 11.1 Å². The van der Waals surface area contributed by atoms with Gasteiger partial charge in [-0.25, -0.2) is 0 Å². The average molecular weight is 588 g/mol. The van der Waals surface area contributed by atoms with Gasteiger partial charge in [0.15, 0.2) is 0 Å². The van der Waals surface area contributed by atoms with E-state index in [-0.39, 0.29) is 42.9 Å². The average Bonchev–Trinajstić information content (AvgIpc) is 2.95. The van der Waals surface area contributed by atoms with E-state index in [1.54, 1.807) is 12.1 Å². The minimum Gasteiger partial charge on any atom is -0.550 e. The molecule has 232 valence electrons. The van der Waals surface area contributed by atoms with Gasteiger partial charge in [0.05, 0.1) is 6.04 Å². The molecular weight excluding hydrogens is 542 g/mol. The number of rotatable bonds is 15. The molecule has 3 aromatic rings. The van der Waals surface area contributed by atoms with Gasteiger partial charge in [-0.15, -0.1) is 0 Å². The highest BCUT2D eigenvalue weighted by Gasteiger charge is 2.36. The van der Waals surface area contributed by atoms with E-state index in [1.807, 2.05) is 93.4 Å². The second-order valence-electron chi connectivity index (χ2n) is 12.8. The van der Waals surface area contributed by atoms with Crippen LogP contribution in [0.25, 0.3) is 0 Å². The molecule has 7 heteroatoms. The largest absolute Gasteiger partial charge is 0.550 e. The summed E-state index contributed by atoms with van der Waals surface area (Å²) in [6.45, 7) is 12.2. The van der Waals surface area contributed by atoms with Crippen LogP contribution in [0.4, 0.5) is 0 Å². The first-order valence-electron chi connectivity index (χ1n) is 15.0. The summed E-state index contributed by atoms with van der Waals surface area (Å²) in [5.74, 6) is -4.63. The van der Waals surface area contributed by atoms with E-state index in [0.29, 0.717) is 5.56 Å². The first-order valence-corrected chi connectivity index (χ1v) is 15.0. The molecule has 0 saturated heterocycles. The van der Waals surface area contributed by atoms with Gasteiger partial charge in [-0.1, -0.05) is 93.6 Å². The Morgan fingerprint density at radius 3 is 1.67 bits per heavy atom. The molecule has 3 rings (SSSR count). The van der Waals surface area contributed by atoms with Crippen LogP contribution in [0.5, 0.6) is 5.75 Å². The van der Waals surface area contributed by atoms with Gasteiger partial charge in [-0.05, 0) is 86.6 Å². The second-order valence-corrected chi connectivity index (χ2v) is 12.8. The van der Waals surface area contributed by atoms with Gasteiger partial charge in [-0.3, -0.25) is 4.84 Å². The summed E-state index contributed by atoms with van der Waals surface area (Å²) in [5.41, 5.74) is 2.21. The van der Waals surface area contributed by atoms with Gasteiger partial charge in [-0.2, -0.15) is 5.06 Å². The highest BCUT2D eigenvalue weighted by Crippen LogP contribution is 2.40. The van der Waals surface area contributed by atoms with Crippen molar-refractivity contribution in [3.05, 3.63) is 102 Å². The number of carbonyl (C=O) groups is 2. The Morgan fingerprint density at radius 2 is 1.21 bits per heavy atom. The number of aliphatic carboxylic acids is 2. The van der Waals surface area contributed by atoms with Crippen molar-refractivity contribution >= 4 is 11.9 Å². The summed E-state index contributed by atoms with van der Waals surface area (Å²) >= 11 is 0. The Kier molecular flexibility index (Phi) is 11.9. The molecule has 0 aliphatic carbocycles. The third kappa shape index (κ3) is 9.66. The van der Waals surface area contributed by atoms with E-state index < -0.39 is 35.4 Å². The lowest BCUT2D eigenvalue weighted by atomic mass is 9.82. The molecule has 5 unspecified atom stereocenters. The van der Waals surface area contributed by atoms with E-state index in [2.05, 4.69) is 13.8 Å². The van der Waals surface area contributed by atoms with Crippen molar-refractivity contribution < 1.29 is 29.7 Å². The number of nitrogens with zero attached hydrogens (tertiary/aromatic N) is 1. The second kappa shape index (κ2) is 15.2. The summed E-state index contributed by atoms with van der Waals surface area (Å²) in [7, 11) is 0. The fourth-order valence-electron chi connectivity index (χ4n) is 5.67. The van der Waals surface area contributed by atoms with Crippen LogP contribution in [0, 0.1) is 17.8 Å². The van der Waals surface area contributed by atoms with Crippen LogP contribution in [0.3, 0.4) is 0 Å². The highest BCUT2D eigenvalue weighted by atomic mass is 16.7. The SMILES string of the molecule is CC(CC(CC(CC(ON(C(c1ccccc1)C(C)C)C(C)(C)C)c1ccc(O)cc1)C(=O)[O-])C(=O)[O-])c1ccccc1. The smallest absolute Gasteiger partial charge is 0.115 e. The first kappa shape index (κ1) is 33.8. The molecule has 0 bridgehead atoms. The Balaban J connectivity index is 1.96. The molecule has 1 N–H and O–H groups in total. The quantitative estimate of drug-likeness (QED) is 0.231. The minimum absolute atomic E-state index is 0.0250. The van der Waals surface area contributed by atoms with E-state index >= 15 is 0 Å². The number of phenolic OH excluding ortho intramolecular Hbond substituents is 1. The lowest BCUT2D eigenvalue weighted by molar-refractivity contribution is -0.319. The maximum absolute atomic E-state index is 12.5. The lowest BCUT2D eigenvalue weighted by Gasteiger charge is -2.45. The van der Waals surface area contributed by atoms with Crippen molar-refractivity contribution in [2.45, 2.75) is 84.4 Å². The number of aromatic hydroxyl groups is 1. The van der Waals surface area contributed by atoms with Crippen molar-refractivity contribution in [1.82, 2.24) is 5.06 Å². The van der Waals surface area contributed by atoms with Crippen molar-refractivity contribution in [2.75, 3.05) is 0 Å². The number of hydrogen-bond donors (Lipinski definition) is 1. The van der Waals surface area contributed by atoms with E-state index in [4.69, 9.17) is 4.84 Å². The number of benzene rings is 3. The van der Waals surface area contributed by atoms with E-state index in [9.17, 15) is 24.9 Å². The van der Waals surface area contributed by atoms with Crippen molar-refractivity contribution in [1.29, 1.82) is 0 Å². The molecule has 0 saturated carbocycles. The van der Waals surface area contributed by atoms with Gasteiger partial charge >= 0.3 is 0 Å². The van der Waals surface area contributed by atoms with Crippen LogP contribution in [0.15, 0.2) is 84.9 Å². The summed E-state index contributed by atoms with van der Waals surface area (Å²) in [4.78, 5) is 31.6. The number of carboxylic acids is 2. The normalized spacial score (nSPS) is 15.5. The molecule has 5 atom stereocenters. The van der Waals surface area contributed by atoms with Crippen LogP contribution < -0.4 is 10.2 Å². The molecular formula is C36H45NO6-2. The molecule has 0 aromatic heterocycles. The van der Waals surface area contributed by atoms with Crippen LogP contribution in [0.2, 0.25) is 0 Å². The number of phenols is 1. The van der Waals surface area contributed by atoms with Crippen molar-refractivity contribution in [2.24, 2.45) is 17.8 Å². The van der Waals surface area contributed by atoms with Crippen LogP contribution in [-0.2, 0) is 14.4 Å². The number of hydrogen-bond acceptors (Lipinski definition) is 7. The number of hydroxylamine groups is 2. The molecule has 0 amide bonds. The Bertz CT molecular complexity index is 1290. The summed E-state index contributed by atoms with van der Waals surface area (Å²) in [5, 5.41) is 36.7. The Morgan fingerprint density at radius 1 is 0.721 bits per heavy atom. The molecule has 0 heterocycles. The third-order valence-corrected chi connectivity index (χ3v) is 7.93. The molecule has 0 fully saturated rings. The summed E-state index contributed by atoms with van der Waals surface area (Å²) < 4.78 is 0. The summed E-state index contributed by atoms with van der Waals surface area (Å²) in [6.07, 6.45) is -0.704. The maximum Gasteiger partial charge on any atom is 0.115 e. The van der Waals surface area contributed by atoms with Gasteiger partial charge in [0.25, 0.3) is 0 Å². The monoisotopic (exact) mass is 587 g/mol. The number of carbonyl (C=O) groups excluding carboxylic acids is 2. The van der Waals surface area contributed by atoms with E-state index in [1.165, 1.54) is 12.1 Å². The van der Waals surface area contributed by atoms with Gasteiger partial charge in [0, 0.05) is 23.4 Å². The molecule has 0 aliphatic heterocycles. The van der Waals surface area contributed by atoms with Crippen LogP contribution in [0.1, 0.15) is 95.6 Å². The minimum atomic E-state index is -1.34. The molecule has 43 heavy (non-hydrogen) atoms. The zero-order chi connectivity index (χ0) is 31.7. The Labute approximate surface area is 256 Å². The first-order chi connectivity index (χ1) is 20.3. The highest BCUT2D eigenvalue weighted by molar-refractivity contribution is 5.71. The lowest BCUT2D eigenvalue weighted by Crippen LogP contribution is -2.47. The standard InChI is InChI=1S/C36H47NO6/c1-24(2)33(28-15-11-8-12-16-28)37(36(4,5)6)43-32(27-17-19-31(38)20-18-27)23-30(35(41)42)22-29(34(39)40)21-25(3)26-13-9-7-10-14-26/h7-20,24-25,29-30,32-33,38H,21-23H2,1-6H3,(H,39,40)(H,41,42)/p-2.